The van der Waals surface area contributed by atoms with Crippen molar-refractivity contribution in [3.05, 3.63) is 70.2 Å². The average Bonchev–Trinajstić information content (AvgIpc) is 2.48. The van der Waals surface area contributed by atoms with E-state index >= 15 is 0 Å². The summed E-state index contributed by atoms with van der Waals surface area (Å²) in [7, 11) is 0. The van der Waals surface area contributed by atoms with Crippen LogP contribution in [0.25, 0.3) is 0 Å². The van der Waals surface area contributed by atoms with Crippen molar-refractivity contribution >= 4 is 23.2 Å². The number of nitrogens with zero attached hydrogens (tertiary/aromatic N) is 1. The highest BCUT2D eigenvalue weighted by Gasteiger charge is 2.03. The number of rotatable bonds is 4. The van der Waals surface area contributed by atoms with Gasteiger partial charge in [0.1, 0.15) is 0 Å². The molecule has 1 amide bonds. The fourth-order valence-corrected chi connectivity index (χ4v) is 1.96. The molecule has 0 radical (unpaired) electrons. The van der Waals surface area contributed by atoms with Gasteiger partial charge in [-0.15, -0.1) is 0 Å². The zero-order chi connectivity index (χ0) is 15.2. The van der Waals surface area contributed by atoms with Crippen molar-refractivity contribution in [3.8, 4) is 0 Å². The lowest BCUT2D eigenvalue weighted by Gasteiger charge is -2.04. The molecule has 0 saturated carbocycles. The first-order valence-corrected chi connectivity index (χ1v) is 7.07. The van der Waals surface area contributed by atoms with Crippen molar-refractivity contribution in [1.29, 1.82) is 0 Å². The molecule has 2 aromatic rings. The first-order valence-electron chi connectivity index (χ1n) is 6.69. The first-order chi connectivity index (χ1) is 10.0. The summed E-state index contributed by atoms with van der Waals surface area (Å²) < 4.78 is 0. The van der Waals surface area contributed by atoms with Crippen molar-refractivity contribution in [2.75, 3.05) is 0 Å². The van der Waals surface area contributed by atoms with Crippen molar-refractivity contribution in [2.24, 2.45) is 5.10 Å². The Bertz CT molecular complexity index is 645. The Balaban J connectivity index is 1.94. The van der Waals surface area contributed by atoms with Gasteiger partial charge in [0.2, 0.25) is 5.91 Å². The van der Waals surface area contributed by atoms with E-state index in [9.17, 15) is 4.79 Å². The molecule has 0 spiro atoms. The number of carbonyl (C=O) groups excluding carboxylic acids is 1. The van der Waals surface area contributed by atoms with Gasteiger partial charge in [-0.25, -0.2) is 5.43 Å². The summed E-state index contributed by atoms with van der Waals surface area (Å²) in [6, 6.07) is 15.2. The fourth-order valence-electron chi connectivity index (χ4n) is 1.83. The van der Waals surface area contributed by atoms with Crippen LogP contribution in [-0.2, 0) is 11.2 Å². The molecule has 1 N–H and O–H groups in total. The topological polar surface area (TPSA) is 41.5 Å². The molecular weight excluding hydrogens is 284 g/mol. The number of hydrogen-bond acceptors (Lipinski definition) is 2. The van der Waals surface area contributed by atoms with E-state index in [-0.39, 0.29) is 5.91 Å². The van der Waals surface area contributed by atoms with Gasteiger partial charge in [-0.2, -0.15) is 5.10 Å². The van der Waals surface area contributed by atoms with Crippen LogP contribution in [0.4, 0.5) is 0 Å². The smallest absolute Gasteiger partial charge is 0.244 e. The summed E-state index contributed by atoms with van der Waals surface area (Å²) in [5, 5.41) is 4.79. The molecule has 0 aromatic heterocycles. The van der Waals surface area contributed by atoms with E-state index in [4.69, 9.17) is 11.6 Å². The number of hydrazone groups is 1. The van der Waals surface area contributed by atoms with Crippen LogP contribution in [0.5, 0.6) is 0 Å². The lowest BCUT2D eigenvalue weighted by molar-refractivity contribution is -0.120. The molecule has 0 aliphatic rings. The standard InChI is InChI=1S/C17H17ClN2O/c1-12-3-5-14(6-4-12)11-17(21)20-19-13(2)15-7-9-16(18)10-8-15/h3-10H,11H2,1-2H3,(H,20,21)/b19-13+. The summed E-state index contributed by atoms with van der Waals surface area (Å²) in [6.45, 7) is 3.86. The van der Waals surface area contributed by atoms with Gasteiger partial charge < -0.3 is 0 Å². The zero-order valence-electron chi connectivity index (χ0n) is 12.1. The Labute approximate surface area is 129 Å². The van der Waals surface area contributed by atoms with E-state index in [1.807, 2.05) is 50.2 Å². The zero-order valence-corrected chi connectivity index (χ0v) is 12.8. The first kappa shape index (κ1) is 15.3. The number of carbonyl (C=O) groups is 1. The normalized spacial score (nSPS) is 11.3. The van der Waals surface area contributed by atoms with E-state index < -0.39 is 0 Å². The molecule has 0 bridgehead atoms. The van der Waals surface area contributed by atoms with Crippen molar-refractivity contribution in [1.82, 2.24) is 5.43 Å². The molecule has 4 heteroatoms. The number of aryl methyl sites for hydroxylation is 1. The number of amides is 1. The number of halogens is 1. The second-order valence-electron chi connectivity index (χ2n) is 4.90. The molecule has 2 rings (SSSR count). The summed E-state index contributed by atoms with van der Waals surface area (Å²) in [4.78, 5) is 11.8. The Kier molecular flexibility index (Phi) is 5.12. The van der Waals surface area contributed by atoms with Crippen LogP contribution in [0, 0.1) is 6.92 Å². The molecule has 108 valence electrons. The number of benzene rings is 2. The monoisotopic (exact) mass is 300 g/mol. The van der Waals surface area contributed by atoms with Crippen molar-refractivity contribution in [2.45, 2.75) is 20.3 Å². The van der Waals surface area contributed by atoms with Crippen LogP contribution >= 0.6 is 11.6 Å². The molecule has 0 fully saturated rings. The van der Waals surface area contributed by atoms with Gasteiger partial charge in [-0.1, -0.05) is 53.6 Å². The lowest BCUT2D eigenvalue weighted by atomic mass is 10.1. The maximum absolute atomic E-state index is 11.8. The third kappa shape index (κ3) is 4.72. The van der Waals surface area contributed by atoms with Gasteiger partial charge in [0.15, 0.2) is 0 Å². The second-order valence-corrected chi connectivity index (χ2v) is 5.34. The summed E-state index contributed by atoms with van der Waals surface area (Å²) >= 11 is 5.84. The van der Waals surface area contributed by atoms with Gasteiger partial charge in [0, 0.05) is 5.02 Å². The molecular formula is C17H17ClN2O. The molecule has 2 aromatic carbocycles. The van der Waals surface area contributed by atoms with E-state index in [0.29, 0.717) is 11.4 Å². The number of nitrogens with one attached hydrogen (secondary N) is 1. The molecule has 3 nitrogen and oxygen atoms in total. The molecule has 0 aliphatic heterocycles. The number of hydrogen-bond donors (Lipinski definition) is 1. The van der Waals surface area contributed by atoms with Gasteiger partial charge in [0.25, 0.3) is 0 Å². The SMILES string of the molecule is C/C(=N\NC(=O)Cc1ccc(C)cc1)c1ccc(Cl)cc1. The highest BCUT2D eigenvalue weighted by molar-refractivity contribution is 6.30. The Morgan fingerprint density at radius 1 is 1.10 bits per heavy atom. The third-order valence-corrected chi connectivity index (χ3v) is 3.35. The Morgan fingerprint density at radius 2 is 1.71 bits per heavy atom. The third-order valence-electron chi connectivity index (χ3n) is 3.10. The van der Waals surface area contributed by atoms with Gasteiger partial charge in [-0.3, -0.25) is 4.79 Å². The summed E-state index contributed by atoms with van der Waals surface area (Å²) in [5.41, 5.74) is 6.39. The lowest BCUT2D eigenvalue weighted by Crippen LogP contribution is -2.21. The van der Waals surface area contributed by atoms with Gasteiger partial charge >= 0.3 is 0 Å². The molecule has 0 heterocycles. The van der Waals surface area contributed by atoms with E-state index in [0.717, 1.165) is 16.8 Å². The molecule has 0 atom stereocenters. The molecule has 0 aliphatic carbocycles. The minimum absolute atomic E-state index is 0.132. The van der Waals surface area contributed by atoms with Crippen LogP contribution in [0.3, 0.4) is 0 Å². The average molecular weight is 301 g/mol. The Hall–Kier alpha value is -2.13. The van der Waals surface area contributed by atoms with Crippen molar-refractivity contribution < 1.29 is 4.79 Å². The minimum atomic E-state index is -0.132. The van der Waals surface area contributed by atoms with E-state index in [1.54, 1.807) is 12.1 Å². The predicted molar refractivity (Wildman–Crippen MR) is 86.7 cm³/mol. The largest absolute Gasteiger partial charge is 0.273 e. The molecule has 0 unspecified atom stereocenters. The van der Waals surface area contributed by atoms with Crippen LogP contribution in [0.1, 0.15) is 23.6 Å². The maximum Gasteiger partial charge on any atom is 0.244 e. The van der Waals surface area contributed by atoms with Gasteiger partial charge in [-0.05, 0) is 37.1 Å². The predicted octanol–water partition coefficient (Wildman–Crippen LogP) is 3.73. The summed E-state index contributed by atoms with van der Waals surface area (Å²) in [6.07, 6.45) is 0.317. The van der Waals surface area contributed by atoms with Crippen LogP contribution in [-0.4, -0.2) is 11.6 Å². The molecule has 0 saturated heterocycles. The second kappa shape index (κ2) is 7.04. The highest BCUT2D eigenvalue weighted by Crippen LogP contribution is 2.10. The van der Waals surface area contributed by atoms with E-state index in [2.05, 4.69) is 10.5 Å². The summed E-state index contributed by atoms with van der Waals surface area (Å²) in [5.74, 6) is -0.132. The van der Waals surface area contributed by atoms with Crippen LogP contribution in [0.15, 0.2) is 53.6 Å². The van der Waals surface area contributed by atoms with E-state index in [1.165, 1.54) is 5.56 Å². The van der Waals surface area contributed by atoms with Crippen molar-refractivity contribution in [3.63, 3.8) is 0 Å². The van der Waals surface area contributed by atoms with Gasteiger partial charge in [0.05, 0.1) is 12.1 Å². The maximum atomic E-state index is 11.8. The fraction of sp³-hybridized carbons (Fsp3) is 0.176. The van der Waals surface area contributed by atoms with Crippen LogP contribution < -0.4 is 5.43 Å². The molecule has 21 heavy (non-hydrogen) atoms. The Morgan fingerprint density at radius 3 is 2.33 bits per heavy atom. The quantitative estimate of drug-likeness (QED) is 0.678. The minimum Gasteiger partial charge on any atom is -0.273 e. The highest BCUT2D eigenvalue weighted by atomic mass is 35.5. The van der Waals surface area contributed by atoms with Crippen LogP contribution in [0.2, 0.25) is 5.02 Å².